The molecule has 5 rings (SSSR count). The summed E-state index contributed by atoms with van der Waals surface area (Å²) in [5, 5.41) is 0. The second kappa shape index (κ2) is 16.7. The minimum absolute atomic E-state index is 0.0417. The number of ether oxygens (including phenoxy) is 1. The summed E-state index contributed by atoms with van der Waals surface area (Å²) in [4.78, 5) is 0. The van der Waals surface area contributed by atoms with Gasteiger partial charge < -0.3 is 4.74 Å². The van der Waals surface area contributed by atoms with E-state index in [0.717, 1.165) is 66.5 Å². The molecule has 2 aliphatic rings. The first-order valence-electron chi connectivity index (χ1n) is 18.0. The van der Waals surface area contributed by atoms with E-state index in [1.807, 2.05) is 24.3 Å². The monoisotopic (exact) mass is 618 g/mol. The smallest absolute Gasteiger partial charge is 0.201 e. The van der Waals surface area contributed by atoms with E-state index in [4.69, 9.17) is 4.74 Å². The zero-order chi connectivity index (χ0) is 31.6. The topological polar surface area (TPSA) is 9.23 Å². The Morgan fingerprint density at radius 2 is 1.22 bits per heavy atom. The Morgan fingerprint density at radius 3 is 1.89 bits per heavy atom. The highest BCUT2D eigenvalue weighted by Crippen LogP contribution is 2.45. The average Bonchev–Trinajstić information content (AvgIpc) is 3.07. The molecule has 0 spiro atoms. The molecule has 2 fully saturated rings. The second-order valence-corrected chi connectivity index (χ2v) is 13.9. The fourth-order valence-corrected chi connectivity index (χ4v) is 8.07. The lowest BCUT2D eigenvalue weighted by atomic mass is 9.68. The lowest BCUT2D eigenvalue weighted by Gasteiger charge is -2.38. The predicted molar refractivity (Wildman–Crippen MR) is 181 cm³/mol. The van der Waals surface area contributed by atoms with Crippen molar-refractivity contribution in [2.24, 2.45) is 17.8 Å². The van der Waals surface area contributed by atoms with Crippen LogP contribution in [0.5, 0.6) is 5.75 Å². The van der Waals surface area contributed by atoms with Crippen molar-refractivity contribution in [1.82, 2.24) is 0 Å². The van der Waals surface area contributed by atoms with Gasteiger partial charge in [-0.2, -0.15) is 4.39 Å². The first kappa shape index (κ1) is 33.6. The first-order chi connectivity index (χ1) is 22.0. The molecule has 1 nitrogen and oxygen atoms in total. The van der Waals surface area contributed by atoms with Gasteiger partial charge in [0, 0.05) is 5.56 Å². The van der Waals surface area contributed by atoms with Gasteiger partial charge in [0.1, 0.15) is 5.82 Å². The highest BCUT2D eigenvalue weighted by Gasteiger charge is 2.32. The van der Waals surface area contributed by atoms with Gasteiger partial charge in [-0.3, -0.25) is 0 Å². The van der Waals surface area contributed by atoms with Crippen LogP contribution in [0, 0.1) is 35.2 Å². The van der Waals surface area contributed by atoms with Gasteiger partial charge >= 0.3 is 0 Å². The third-order valence-electron chi connectivity index (χ3n) is 10.8. The Labute approximate surface area is 270 Å². The van der Waals surface area contributed by atoms with Crippen molar-refractivity contribution in [3.05, 3.63) is 77.6 Å². The molecule has 0 bridgehead atoms. The third kappa shape index (κ3) is 8.74. The van der Waals surface area contributed by atoms with Gasteiger partial charge in [0.25, 0.3) is 0 Å². The molecule has 2 aliphatic carbocycles. The fourth-order valence-electron chi connectivity index (χ4n) is 8.07. The molecule has 4 heteroatoms. The largest absolute Gasteiger partial charge is 0.490 e. The molecule has 3 aromatic carbocycles. The summed E-state index contributed by atoms with van der Waals surface area (Å²) in [7, 11) is 0. The lowest BCUT2D eigenvalue weighted by Crippen LogP contribution is -2.25. The van der Waals surface area contributed by atoms with Crippen LogP contribution in [-0.2, 0) is 0 Å². The predicted octanol–water partition coefficient (Wildman–Crippen LogP) is 13.1. The van der Waals surface area contributed by atoms with E-state index in [-0.39, 0.29) is 17.1 Å². The van der Waals surface area contributed by atoms with Crippen LogP contribution >= 0.6 is 0 Å². The van der Waals surface area contributed by atoms with Crippen molar-refractivity contribution in [2.45, 2.75) is 122 Å². The minimum Gasteiger partial charge on any atom is -0.490 e. The number of benzene rings is 3. The third-order valence-corrected chi connectivity index (χ3v) is 10.8. The van der Waals surface area contributed by atoms with Gasteiger partial charge in [-0.25, -0.2) is 8.78 Å². The van der Waals surface area contributed by atoms with Crippen LogP contribution in [-0.4, -0.2) is 6.61 Å². The van der Waals surface area contributed by atoms with Crippen LogP contribution in [0.25, 0.3) is 22.3 Å². The van der Waals surface area contributed by atoms with Crippen molar-refractivity contribution >= 4 is 0 Å². The van der Waals surface area contributed by atoms with Crippen molar-refractivity contribution in [1.29, 1.82) is 0 Å². The summed E-state index contributed by atoms with van der Waals surface area (Å²) < 4.78 is 50.8. The summed E-state index contributed by atoms with van der Waals surface area (Å²) in [5.41, 5.74) is 3.26. The van der Waals surface area contributed by atoms with Crippen LogP contribution in [0.2, 0.25) is 0 Å². The maximum atomic E-state index is 15.4. The Bertz CT molecular complexity index is 1330. The van der Waals surface area contributed by atoms with E-state index in [1.54, 1.807) is 24.3 Å². The van der Waals surface area contributed by atoms with Gasteiger partial charge in [-0.15, -0.1) is 0 Å². The molecule has 0 N–H and O–H groups in total. The molecule has 0 radical (unpaired) electrons. The molecule has 244 valence electrons. The summed E-state index contributed by atoms with van der Waals surface area (Å²) in [6, 6.07) is 15.9. The van der Waals surface area contributed by atoms with E-state index in [1.165, 1.54) is 76.7 Å². The number of hydrogen-bond donors (Lipinski definition) is 0. The molecule has 0 amide bonds. The van der Waals surface area contributed by atoms with Gasteiger partial charge in [-0.05, 0) is 109 Å². The van der Waals surface area contributed by atoms with Gasteiger partial charge in [-0.1, -0.05) is 108 Å². The number of hydrogen-bond acceptors (Lipinski definition) is 1. The summed E-state index contributed by atoms with van der Waals surface area (Å²) in [6.45, 7) is 4.86. The number of rotatable bonds is 14. The summed E-state index contributed by atoms with van der Waals surface area (Å²) >= 11 is 0. The van der Waals surface area contributed by atoms with Crippen molar-refractivity contribution in [3.63, 3.8) is 0 Å². The molecule has 0 aliphatic heterocycles. The van der Waals surface area contributed by atoms with Gasteiger partial charge in [0.05, 0.1) is 6.61 Å². The molecule has 0 saturated heterocycles. The van der Waals surface area contributed by atoms with Crippen molar-refractivity contribution in [3.8, 4) is 28.0 Å². The zero-order valence-electron chi connectivity index (χ0n) is 27.6. The van der Waals surface area contributed by atoms with Gasteiger partial charge in [0.2, 0.25) is 5.82 Å². The maximum Gasteiger partial charge on any atom is 0.201 e. The van der Waals surface area contributed by atoms with Crippen LogP contribution in [0.3, 0.4) is 0 Å². The number of halogens is 3. The second-order valence-electron chi connectivity index (χ2n) is 13.9. The lowest BCUT2D eigenvalue weighted by molar-refractivity contribution is 0.156. The molecule has 0 aromatic heterocycles. The first-order valence-corrected chi connectivity index (χ1v) is 18.0. The quantitative estimate of drug-likeness (QED) is 0.163. The SMILES string of the molecule is CCCCCCCCOc1ccc(-c2ccc(-c3ccc(C4CCC(C5CCC(CCC)CC5)CC4)c(F)c3)cc2)c(F)c1F. The molecule has 0 heterocycles. The van der Waals surface area contributed by atoms with E-state index in [2.05, 4.69) is 13.8 Å². The molecular weight excluding hydrogens is 565 g/mol. The zero-order valence-corrected chi connectivity index (χ0v) is 27.6. The Hall–Kier alpha value is -2.75. The van der Waals surface area contributed by atoms with Crippen LogP contribution in [0.1, 0.15) is 128 Å². The average molecular weight is 619 g/mol. The highest BCUT2D eigenvalue weighted by molar-refractivity contribution is 5.71. The molecule has 0 unspecified atom stereocenters. The van der Waals surface area contributed by atoms with Crippen molar-refractivity contribution in [2.75, 3.05) is 6.61 Å². The fraction of sp³-hybridized carbons (Fsp3) is 0.561. The van der Waals surface area contributed by atoms with Crippen LogP contribution in [0.4, 0.5) is 13.2 Å². The van der Waals surface area contributed by atoms with Crippen molar-refractivity contribution < 1.29 is 17.9 Å². The maximum absolute atomic E-state index is 15.4. The summed E-state index contributed by atoms with van der Waals surface area (Å²) in [5.74, 6) is 0.902. The van der Waals surface area contributed by atoms with Crippen LogP contribution < -0.4 is 4.74 Å². The van der Waals surface area contributed by atoms with E-state index in [0.29, 0.717) is 18.1 Å². The number of unbranched alkanes of at least 4 members (excludes halogenated alkanes) is 5. The van der Waals surface area contributed by atoms with Gasteiger partial charge in [0.15, 0.2) is 11.6 Å². The van der Waals surface area contributed by atoms with Crippen LogP contribution in [0.15, 0.2) is 54.6 Å². The van der Waals surface area contributed by atoms with E-state index < -0.39 is 11.6 Å². The normalized spacial score (nSPS) is 22.0. The molecular formula is C41H53F3O. The molecule has 0 atom stereocenters. The molecule has 2 saturated carbocycles. The molecule has 3 aromatic rings. The summed E-state index contributed by atoms with van der Waals surface area (Å²) in [6.07, 6.45) is 19.5. The molecule has 45 heavy (non-hydrogen) atoms. The Kier molecular flexibility index (Phi) is 12.5. The minimum atomic E-state index is -0.950. The Balaban J connectivity index is 1.15. The standard InChI is InChI=1S/C41H53F3O/c1-3-5-6-7-8-9-27-45-39-26-25-37(40(43)41(39)44)34-21-17-32(18-22-34)35-23-24-36(38(42)28-35)33-19-15-31(16-20-33)30-13-11-29(10-4-2)12-14-30/h17-18,21-26,28-31,33H,3-16,19-20,27H2,1-2H3. The Morgan fingerprint density at radius 1 is 0.600 bits per heavy atom. The van der Waals surface area contributed by atoms with E-state index in [9.17, 15) is 4.39 Å². The van der Waals surface area contributed by atoms with E-state index >= 15 is 8.78 Å². The highest BCUT2D eigenvalue weighted by atomic mass is 19.2.